The van der Waals surface area contributed by atoms with E-state index in [0.717, 1.165) is 12.8 Å². The summed E-state index contributed by atoms with van der Waals surface area (Å²) in [7, 11) is 3.13. The lowest BCUT2D eigenvalue weighted by Gasteiger charge is -2.32. The molecule has 1 aromatic carbocycles. The van der Waals surface area contributed by atoms with Gasteiger partial charge in [-0.25, -0.2) is 4.98 Å². The van der Waals surface area contributed by atoms with Crippen molar-refractivity contribution in [1.29, 1.82) is 0 Å². The van der Waals surface area contributed by atoms with Gasteiger partial charge in [0.25, 0.3) is 5.91 Å². The number of hydrogen-bond acceptors (Lipinski definition) is 6. The van der Waals surface area contributed by atoms with Gasteiger partial charge in [-0.2, -0.15) is 0 Å². The van der Waals surface area contributed by atoms with Crippen molar-refractivity contribution in [2.45, 2.75) is 32.6 Å². The van der Waals surface area contributed by atoms with Crippen molar-refractivity contribution in [3.8, 4) is 11.5 Å². The number of aryl methyl sites for hydroxylation is 1. The first-order valence-corrected chi connectivity index (χ1v) is 9.72. The maximum absolute atomic E-state index is 12.6. The van der Waals surface area contributed by atoms with Crippen LogP contribution in [0.3, 0.4) is 0 Å². The number of likely N-dealkylation sites (tertiary alicyclic amines) is 1. The number of ether oxygens (including phenoxy) is 2. The minimum atomic E-state index is -0.127. The van der Waals surface area contributed by atoms with Gasteiger partial charge >= 0.3 is 0 Å². The summed E-state index contributed by atoms with van der Waals surface area (Å²) in [5, 5.41) is 2.89. The molecule has 0 radical (unpaired) electrons. The molecule has 0 saturated carbocycles. The van der Waals surface area contributed by atoms with E-state index in [1.807, 2.05) is 0 Å². The van der Waals surface area contributed by atoms with Crippen LogP contribution in [0.2, 0.25) is 0 Å². The molecule has 2 aromatic rings. The number of hydrogen-bond donors (Lipinski definition) is 1. The molecule has 3 rings (SSSR count). The van der Waals surface area contributed by atoms with Gasteiger partial charge < -0.3 is 24.1 Å². The second-order valence-corrected chi connectivity index (χ2v) is 7.21. The number of piperidine rings is 1. The van der Waals surface area contributed by atoms with Crippen LogP contribution >= 0.6 is 0 Å². The van der Waals surface area contributed by atoms with E-state index in [9.17, 15) is 9.59 Å². The number of nitrogens with zero attached hydrogens (tertiary/aromatic N) is 2. The van der Waals surface area contributed by atoms with Crippen LogP contribution in [0.15, 0.2) is 29.0 Å². The lowest BCUT2D eigenvalue weighted by Crippen LogP contribution is -2.40. The van der Waals surface area contributed by atoms with Crippen molar-refractivity contribution in [2.24, 2.45) is 5.92 Å². The summed E-state index contributed by atoms with van der Waals surface area (Å²) >= 11 is 0. The first-order valence-electron chi connectivity index (χ1n) is 9.72. The fourth-order valence-electron chi connectivity index (χ4n) is 3.57. The van der Waals surface area contributed by atoms with Crippen LogP contribution in [0.1, 0.15) is 41.9 Å². The topological polar surface area (TPSA) is 93.9 Å². The Bertz CT molecular complexity index is 842. The highest BCUT2D eigenvalue weighted by Crippen LogP contribution is 2.27. The molecule has 1 aromatic heterocycles. The number of carbonyl (C=O) groups is 2. The fraction of sp³-hybridized carbons (Fsp3) is 0.476. The van der Waals surface area contributed by atoms with Gasteiger partial charge in [0, 0.05) is 43.4 Å². The number of oxazole rings is 1. The van der Waals surface area contributed by atoms with Crippen LogP contribution in [0.25, 0.3) is 0 Å². The summed E-state index contributed by atoms with van der Waals surface area (Å²) < 4.78 is 15.7. The fourth-order valence-corrected chi connectivity index (χ4v) is 3.57. The number of nitrogens with one attached hydrogen (secondary N) is 1. The molecule has 8 nitrogen and oxygen atoms in total. The average molecular weight is 401 g/mol. The highest BCUT2D eigenvalue weighted by Gasteiger charge is 2.27. The summed E-state index contributed by atoms with van der Waals surface area (Å²) in [4.78, 5) is 30.8. The zero-order valence-corrected chi connectivity index (χ0v) is 17.1. The largest absolute Gasteiger partial charge is 0.497 e. The highest BCUT2D eigenvalue weighted by atomic mass is 16.5. The Hall–Kier alpha value is -3.03. The average Bonchev–Trinajstić information content (AvgIpc) is 3.17. The molecule has 1 aliphatic rings. The number of amides is 2. The van der Waals surface area contributed by atoms with Gasteiger partial charge in [-0.15, -0.1) is 0 Å². The minimum Gasteiger partial charge on any atom is -0.497 e. The quantitative estimate of drug-likeness (QED) is 0.765. The normalized spacial score (nSPS) is 16.4. The Labute approximate surface area is 170 Å². The molecule has 156 valence electrons. The van der Waals surface area contributed by atoms with E-state index in [0.29, 0.717) is 54.6 Å². The minimum absolute atomic E-state index is 0.0742. The molecule has 1 unspecified atom stereocenters. The smallest absolute Gasteiger partial charge is 0.291 e. The Morgan fingerprint density at radius 3 is 2.59 bits per heavy atom. The van der Waals surface area contributed by atoms with Gasteiger partial charge in [-0.1, -0.05) is 0 Å². The van der Waals surface area contributed by atoms with E-state index >= 15 is 0 Å². The first kappa shape index (κ1) is 20.7. The molecule has 1 saturated heterocycles. The molecule has 8 heteroatoms. The van der Waals surface area contributed by atoms with E-state index in [4.69, 9.17) is 13.9 Å². The maximum atomic E-state index is 12.6. The number of rotatable bonds is 7. The number of aromatic nitrogens is 1. The van der Waals surface area contributed by atoms with Crippen molar-refractivity contribution >= 4 is 17.5 Å². The third kappa shape index (κ3) is 5.28. The standard InChI is InChI=1S/C21H27N3O5/c1-14-20(29-13-22-14)21(26)24-8-4-5-15(12-24)6-7-19(25)23-16-9-17(27-2)11-18(10-16)28-3/h9-11,13,15H,4-8,12H2,1-3H3,(H,23,25). The molecular formula is C21H27N3O5. The predicted octanol–water partition coefficient (Wildman–Crippen LogP) is 3.27. The molecule has 1 aliphatic heterocycles. The van der Waals surface area contributed by atoms with E-state index in [2.05, 4.69) is 10.3 Å². The van der Waals surface area contributed by atoms with Crippen LogP contribution < -0.4 is 14.8 Å². The number of methoxy groups -OCH3 is 2. The summed E-state index contributed by atoms with van der Waals surface area (Å²) in [6.07, 6.45) is 4.30. The van der Waals surface area contributed by atoms with E-state index in [1.165, 1.54) is 6.39 Å². The van der Waals surface area contributed by atoms with Gasteiger partial charge in [0.2, 0.25) is 11.7 Å². The molecule has 2 heterocycles. The first-order chi connectivity index (χ1) is 14.0. The third-order valence-corrected chi connectivity index (χ3v) is 5.16. The Morgan fingerprint density at radius 2 is 1.97 bits per heavy atom. The Kier molecular flexibility index (Phi) is 6.74. The molecular weight excluding hydrogens is 374 g/mol. The van der Waals surface area contributed by atoms with E-state index in [1.54, 1.807) is 44.2 Å². The van der Waals surface area contributed by atoms with Crippen LogP contribution in [0.5, 0.6) is 11.5 Å². The van der Waals surface area contributed by atoms with E-state index in [-0.39, 0.29) is 17.7 Å². The summed E-state index contributed by atoms with van der Waals surface area (Å²) in [5.74, 6) is 1.61. The number of anilines is 1. The number of benzene rings is 1. The van der Waals surface area contributed by atoms with Crippen LogP contribution in [-0.4, -0.2) is 49.0 Å². The molecule has 1 fully saturated rings. The van der Waals surface area contributed by atoms with Crippen molar-refractivity contribution in [1.82, 2.24) is 9.88 Å². The molecule has 1 N–H and O–H groups in total. The lowest BCUT2D eigenvalue weighted by atomic mass is 9.93. The molecule has 29 heavy (non-hydrogen) atoms. The van der Waals surface area contributed by atoms with Crippen LogP contribution in [0, 0.1) is 12.8 Å². The van der Waals surface area contributed by atoms with Crippen molar-refractivity contribution in [3.05, 3.63) is 36.0 Å². The molecule has 0 aliphatic carbocycles. The van der Waals surface area contributed by atoms with Gasteiger partial charge in [-0.05, 0) is 32.1 Å². The predicted molar refractivity (Wildman–Crippen MR) is 107 cm³/mol. The molecule has 0 spiro atoms. The third-order valence-electron chi connectivity index (χ3n) is 5.16. The summed E-state index contributed by atoms with van der Waals surface area (Å²) in [6, 6.07) is 5.25. The monoisotopic (exact) mass is 401 g/mol. The summed E-state index contributed by atoms with van der Waals surface area (Å²) in [5.41, 5.74) is 1.23. The molecule has 1 atom stereocenters. The van der Waals surface area contributed by atoms with Gasteiger partial charge in [0.05, 0.1) is 19.9 Å². The zero-order valence-electron chi connectivity index (χ0n) is 17.1. The Balaban J connectivity index is 1.52. The van der Waals surface area contributed by atoms with Crippen molar-refractivity contribution < 1.29 is 23.5 Å². The zero-order chi connectivity index (χ0) is 20.8. The summed E-state index contributed by atoms with van der Waals surface area (Å²) in [6.45, 7) is 3.08. The SMILES string of the molecule is COc1cc(NC(=O)CCC2CCCN(C(=O)c3ocnc3C)C2)cc(OC)c1. The van der Waals surface area contributed by atoms with Gasteiger partial charge in [0.1, 0.15) is 11.5 Å². The van der Waals surface area contributed by atoms with Gasteiger partial charge in [-0.3, -0.25) is 9.59 Å². The highest BCUT2D eigenvalue weighted by molar-refractivity contribution is 5.92. The molecule has 0 bridgehead atoms. The lowest BCUT2D eigenvalue weighted by molar-refractivity contribution is -0.116. The van der Waals surface area contributed by atoms with Crippen molar-refractivity contribution in [2.75, 3.05) is 32.6 Å². The maximum Gasteiger partial charge on any atom is 0.291 e. The van der Waals surface area contributed by atoms with Crippen LogP contribution in [0.4, 0.5) is 5.69 Å². The number of carbonyl (C=O) groups excluding carboxylic acids is 2. The Morgan fingerprint density at radius 1 is 1.24 bits per heavy atom. The van der Waals surface area contributed by atoms with E-state index < -0.39 is 0 Å². The molecule has 2 amide bonds. The van der Waals surface area contributed by atoms with Crippen LogP contribution in [-0.2, 0) is 4.79 Å². The second-order valence-electron chi connectivity index (χ2n) is 7.21. The van der Waals surface area contributed by atoms with Gasteiger partial charge in [0.15, 0.2) is 6.39 Å². The van der Waals surface area contributed by atoms with Crippen molar-refractivity contribution in [3.63, 3.8) is 0 Å². The second kappa shape index (κ2) is 9.45.